The van der Waals surface area contributed by atoms with Crippen molar-refractivity contribution in [1.82, 2.24) is 23.7 Å². The molecule has 0 bridgehead atoms. The number of thioether (sulfide) groups is 1. The Bertz CT molecular complexity index is 1590. The smallest absolute Gasteiger partial charge is 0.332 e. The Kier molecular flexibility index (Phi) is 7.88. The Morgan fingerprint density at radius 2 is 1.86 bits per heavy atom. The number of halogens is 1. The number of aromatic nitrogens is 5. The van der Waals surface area contributed by atoms with E-state index in [0.717, 1.165) is 16.3 Å². The summed E-state index contributed by atoms with van der Waals surface area (Å²) >= 11 is 2.26. The fourth-order valence-electron chi connectivity index (χ4n) is 3.55. The summed E-state index contributed by atoms with van der Waals surface area (Å²) in [5.74, 6) is -1.23. The molecule has 3 heterocycles. The van der Waals surface area contributed by atoms with Gasteiger partial charge in [0, 0.05) is 19.5 Å². The van der Waals surface area contributed by atoms with Crippen molar-refractivity contribution in [2.45, 2.75) is 25.0 Å². The SMILES string of the molecule is CCOC(=O)Cc1csc(NC(=O)CSc2nc3c(c(=O)n(C)c(=O)n3C)n2Cc2ccc(F)cc2)n1. The molecule has 1 amide bonds. The fourth-order valence-corrected chi connectivity index (χ4v) is 5.07. The molecule has 0 spiro atoms. The summed E-state index contributed by atoms with van der Waals surface area (Å²) in [6.45, 7) is 2.17. The zero-order valence-electron chi connectivity index (χ0n) is 20.2. The third-order valence-electron chi connectivity index (χ3n) is 5.33. The second kappa shape index (κ2) is 11.1. The number of aryl methyl sites for hydroxylation is 1. The standard InChI is InChI=1S/C23H23FN6O5S2/c1-4-35-17(32)9-15-11-36-21(25-15)26-16(31)12-37-22-27-19-18(20(33)29(3)23(34)28(19)2)30(22)10-13-5-7-14(24)8-6-13/h5-8,11H,4,9-10,12H2,1-3H3,(H,25,26,31). The van der Waals surface area contributed by atoms with E-state index >= 15 is 0 Å². The highest BCUT2D eigenvalue weighted by atomic mass is 32.2. The lowest BCUT2D eigenvalue weighted by Gasteiger charge is -2.09. The van der Waals surface area contributed by atoms with Crippen molar-refractivity contribution in [1.29, 1.82) is 0 Å². The quantitative estimate of drug-likeness (QED) is 0.249. The van der Waals surface area contributed by atoms with E-state index in [-0.39, 0.29) is 42.4 Å². The van der Waals surface area contributed by atoms with Crippen molar-refractivity contribution in [3.8, 4) is 0 Å². The molecule has 4 aromatic rings. The van der Waals surface area contributed by atoms with E-state index in [9.17, 15) is 23.6 Å². The van der Waals surface area contributed by atoms with Crippen LogP contribution in [0.15, 0.2) is 44.4 Å². The largest absolute Gasteiger partial charge is 0.466 e. The van der Waals surface area contributed by atoms with Gasteiger partial charge in [0.05, 0.1) is 31.0 Å². The molecule has 37 heavy (non-hydrogen) atoms. The molecule has 1 aromatic carbocycles. The minimum atomic E-state index is -0.527. The van der Waals surface area contributed by atoms with E-state index in [4.69, 9.17) is 4.74 Å². The molecule has 1 N–H and O–H groups in total. The van der Waals surface area contributed by atoms with Crippen LogP contribution < -0.4 is 16.6 Å². The number of rotatable bonds is 9. The van der Waals surface area contributed by atoms with Gasteiger partial charge in [0.1, 0.15) is 5.82 Å². The number of carbonyl (C=O) groups excluding carboxylic acids is 2. The number of fused-ring (bicyclic) bond motifs is 1. The molecule has 0 fully saturated rings. The van der Waals surface area contributed by atoms with Crippen LogP contribution >= 0.6 is 23.1 Å². The average molecular weight is 547 g/mol. The number of nitrogens with one attached hydrogen (secondary N) is 1. The van der Waals surface area contributed by atoms with E-state index in [0.29, 0.717) is 21.5 Å². The zero-order chi connectivity index (χ0) is 26.7. The Morgan fingerprint density at radius 3 is 2.57 bits per heavy atom. The number of esters is 1. The molecule has 11 nitrogen and oxygen atoms in total. The lowest BCUT2D eigenvalue weighted by molar-refractivity contribution is -0.142. The second-order valence-electron chi connectivity index (χ2n) is 7.95. The summed E-state index contributed by atoms with van der Waals surface area (Å²) in [5.41, 5.74) is 0.521. The van der Waals surface area contributed by atoms with Crippen molar-refractivity contribution in [3.63, 3.8) is 0 Å². The Morgan fingerprint density at radius 1 is 1.14 bits per heavy atom. The highest BCUT2D eigenvalue weighted by Gasteiger charge is 2.21. The number of nitrogens with zero attached hydrogens (tertiary/aromatic N) is 5. The van der Waals surface area contributed by atoms with Crippen LogP contribution in [0.5, 0.6) is 0 Å². The highest BCUT2D eigenvalue weighted by molar-refractivity contribution is 7.99. The monoisotopic (exact) mass is 546 g/mol. The van der Waals surface area contributed by atoms with Crippen LogP contribution in [0, 0.1) is 5.82 Å². The van der Waals surface area contributed by atoms with Crippen LogP contribution in [0.2, 0.25) is 0 Å². The molecule has 0 aliphatic heterocycles. The maximum absolute atomic E-state index is 13.4. The van der Waals surface area contributed by atoms with Crippen LogP contribution in [0.3, 0.4) is 0 Å². The summed E-state index contributed by atoms with van der Waals surface area (Å²) in [4.78, 5) is 58.4. The maximum Gasteiger partial charge on any atom is 0.332 e. The number of ether oxygens (including phenoxy) is 1. The summed E-state index contributed by atoms with van der Waals surface area (Å²) < 4.78 is 22.2. The van der Waals surface area contributed by atoms with Gasteiger partial charge in [0.15, 0.2) is 21.5 Å². The van der Waals surface area contributed by atoms with Gasteiger partial charge in [-0.3, -0.25) is 23.5 Å². The number of hydrogen-bond acceptors (Lipinski definition) is 9. The number of imidazole rings is 1. The van der Waals surface area contributed by atoms with Gasteiger partial charge in [-0.1, -0.05) is 23.9 Å². The van der Waals surface area contributed by atoms with Crippen molar-refractivity contribution < 1.29 is 18.7 Å². The predicted octanol–water partition coefficient (Wildman–Crippen LogP) is 1.91. The van der Waals surface area contributed by atoms with Gasteiger partial charge in [-0.15, -0.1) is 11.3 Å². The zero-order valence-corrected chi connectivity index (χ0v) is 21.8. The summed E-state index contributed by atoms with van der Waals surface area (Å²) in [6, 6.07) is 5.80. The summed E-state index contributed by atoms with van der Waals surface area (Å²) in [5, 5.41) is 5.03. The van der Waals surface area contributed by atoms with Crippen molar-refractivity contribution >= 4 is 51.3 Å². The van der Waals surface area contributed by atoms with Gasteiger partial charge >= 0.3 is 11.7 Å². The van der Waals surface area contributed by atoms with Gasteiger partial charge in [0.2, 0.25) is 5.91 Å². The van der Waals surface area contributed by atoms with Crippen LogP contribution in [0.1, 0.15) is 18.2 Å². The number of amides is 1. The minimum Gasteiger partial charge on any atom is -0.466 e. The van der Waals surface area contributed by atoms with Crippen molar-refractivity contribution in [2.75, 3.05) is 17.7 Å². The van der Waals surface area contributed by atoms with Gasteiger partial charge in [-0.05, 0) is 24.6 Å². The van der Waals surface area contributed by atoms with Crippen LogP contribution in [0.25, 0.3) is 11.2 Å². The van der Waals surface area contributed by atoms with E-state index in [2.05, 4.69) is 15.3 Å². The first kappa shape index (κ1) is 26.3. The topological polar surface area (TPSA) is 130 Å². The molecule has 194 valence electrons. The van der Waals surface area contributed by atoms with Gasteiger partial charge in [0.25, 0.3) is 5.56 Å². The highest BCUT2D eigenvalue weighted by Crippen LogP contribution is 2.24. The predicted molar refractivity (Wildman–Crippen MR) is 138 cm³/mol. The number of hydrogen-bond donors (Lipinski definition) is 1. The first-order chi connectivity index (χ1) is 17.7. The number of thiazole rings is 1. The van der Waals surface area contributed by atoms with E-state index in [1.54, 1.807) is 29.0 Å². The first-order valence-electron chi connectivity index (χ1n) is 11.1. The van der Waals surface area contributed by atoms with Crippen molar-refractivity contribution in [3.05, 3.63) is 67.6 Å². The van der Waals surface area contributed by atoms with E-state index in [1.807, 2.05) is 0 Å². The third kappa shape index (κ3) is 5.80. The van der Waals surface area contributed by atoms with Gasteiger partial charge in [-0.25, -0.2) is 19.2 Å². The molecule has 0 radical (unpaired) electrons. The normalized spacial score (nSPS) is 11.1. The molecule has 0 aliphatic carbocycles. The van der Waals surface area contributed by atoms with Crippen LogP contribution in [0.4, 0.5) is 9.52 Å². The lowest BCUT2D eigenvalue weighted by Crippen LogP contribution is -2.37. The molecule has 4 rings (SSSR count). The number of anilines is 1. The number of benzene rings is 1. The fraction of sp³-hybridized carbons (Fsp3) is 0.304. The van der Waals surface area contributed by atoms with Gasteiger partial charge < -0.3 is 14.6 Å². The Balaban J connectivity index is 1.57. The maximum atomic E-state index is 13.4. The minimum absolute atomic E-state index is 0.00997. The van der Waals surface area contributed by atoms with E-state index in [1.165, 1.54) is 42.1 Å². The molecule has 0 unspecified atom stereocenters. The first-order valence-corrected chi connectivity index (χ1v) is 13.0. The molecule has 0 aliphatic rings. The molecule has 0 saturated carbocycles. The number of carbonyl (C=O) groups is 2. The Hall–Kier alpha value is -3.78. The molecule has 0 saturated heterocycles. The summed E-state index contributed by atoms with van der Waals surface area (Å²) in [6.07, 6.45) is 0.00997. The average Bonchev–Trinajstić information content (AvgIpc) is 3.45. The third-order valence-corrected chi connectivity index (χ3v) is 7.11. The molecular formula is C23H23FN6O5S2. The molecule has 14 heteroatoms. The molecular weight excluding hydrogens is 523 g/mol. The van der Waals surface area contributed by atoms with Crippen LogP contribution in [-0.4, -0.2) is 47.9 Å². The van der Waals surface area contributed by atoms with E-state index < -0.39 is 23.0 Å². The van der Waals surface area contributed by atoms with Crippen LogP contribution in [-0.2, 0) is 41.4 Å². The molecule has 0 atom stereocenters. The summed E-state index contributed by atoms with van der Waals surface area (Å²) in [7, 11) is 2.89. The lowest BCUT2D eigenvalue weighted by atomic mass is 10.2. The van der Waals surface area contributed by atoms with Crippen molar-refractivity contribution in [2.24, 2.45) is 14.1 Å². The molecule has 3 aromatic heterocycles. The Labute approximate surface area is 217 Å². The van der Waals surface area contributed by atoms with Gasteiger partial charge in [-0.2, -0.15) is 0 Å². The second-order valence-corrected chi connectivity index (χ2v) is 9.75.